The van der Waals surface area contributed by atoms with Crippen molar-refractivity contribution in [1.29, 1.82) is 0 Å². The van der Waals surface area contributed by atoms with E-state index in [1.807, 2.05) is 0 Å². The fraction of sp³-hybridized carbons (Fsp3) is 0.941. The van der Waals surface area contributed by atoms with E-state index in [4.69, 9.17) is 28.6 Å². The summed E-state index contributed by atoms with van der Waals surface area (Å²) >= 11 is 0. The maximum absolute atomic E-state index is 11.2. The van der Waals surface area contributed by atoms with E-state index in [0.717, 1.165) is 13.0 Å². The van der Waals surface area contributed by atoms with Crippen LogP contribution in [0.25, 0.3) is 0 Å². The fourth-order valence-electron chi connectivity index (χ4n) is 1.91. The van der Waals surface area contributed by atoms with Gasteiger partial charge >= 0.3 is 14.4 Å². The zero-order valence-corrected chi connectivity index (χ0v) is 17.9. The van der Waals surface area contributed by atoms with Gasteiger partial charge in [-0.2, -0.15) is 0 Å². The largest absolute Gasteiger partial charge is 0.510 e. The van der Waals surface area contributed by atoms with Gasteiger partial charge in [-0.05, 0) is 13.3 Å². The van der Waals surface area contributed by atoms with Gasteiger partial charge in [0.25, 0.3) is 0 Å². The number of ether oxygens (including phenoxy) is 6. The minimum Gasteiger partial charge on any atom is -0.432 e. The molecule has 168 valence electrons. The number of hydrogen-bond acceptors (Lipinski definition) is 9. The molecular formula is C17H35O10P. The Hall–Kier alpha value is -0.740. The topological polar surface area (TPSA) is 119 Å². The van der Waals surface area contributed by atoms with E-state index in [1.54, 1.807) is 0 Å². The van der Waals surface area contributed by atoms with Crippen LogP contribution in [0.4, 0.5) is 4.79 Å². The third-order valence-electron chi connectivity index (χ3n) is 3.23. The highest BCUT2D eigenvalue weighted by atomic mass is 31.1. The van der Waals surface area contributed by atoms with Crippen LogP contribution >= 0.6 is 8.25 Å². The van der Waals surface area contributed by atoms with Gasteiger partial charge in [-0.25, -0.2) is 4.79 Å². The van der Waals surface area contributed by atoms with Crippen molar-refractivity contribution < 1.29 is 47.2 Å². The second-order valence-electron chi connectivity index (χ2n) is 5.68. The fourth-order valence-corrected chi connectivity index (χ4v) is 2.24. The molecule has 2 unspecified atom stereocenters. The smallest absolute Gasteiger partial charge is 0.432 e. The second kappa shape index (κ2) is 21.0. The molecule has 2 atom stereocenters. The molecule has 0 aromatic rings. The maximum atomic E-state index is 11.2. The molecule has 0 amide bonds. The maximum Gasteiger partial charge on any atom is 0.510 e. The van der Waals surface area contributed by atoms with Crippen molar-refractivity contribution in [3.8, 4) is 0 Å². The van der Waals surface area contributed by atoms with E-state index in [0.29, 0.717) is 39.6 Å². The molecule has 0 aromatic heterocycles. The summed E-state index contributed by atoms with van der Waals surface area (Å²) < 4.78 is 45.4. The molecule has 0 bridgehead atoms. The lowest BCUT2D eigenvalue weighted by atomic mass is 10.2. The first-order valence-corrected chi connectivity index (χ1v) is 10.9. The lowest BCUT2D eigenvalue weighted by molar-refractivity contribution is -0.0603. The zero-order chi connectivity index (χ0) is 20.9. The standard InChI is InChI=1S/C17H35O10P/c1-3-4-5-6-7-21-8-9-22-10-11-23-12-13-24-14-15-25-17(18)26-16(2)27-28(19)20/h16,28H,3-15H2,1-2H3,(H,19,20). The first-order chi connectivity index (χ1) is 13.6. The van der Waals surface area contributed by atoms with Crippen LogP contribution in [0.15, 0.2) is 0 Å². The van der Waals surface area contributed by atoms with E-state index in [-0.39, 0.29) is 13.2 Å². The van der Waals surface area contributed by atoms with Crippen LogP contribution in [-0.4, -0.2) is 76.8 Å². The van der Waals surface area contributed by atoms with Gasteiger partial charge in [-0.15, -0.1) is 0 Å². The molecule has 0 rings (SSSR count). The number of carbonyl (C=O) groups excluding carboxylic acids is 1. The van der Waals surface area contributed by atoms with E-state index in [9.17, 15) is 9.36 Å². The van der Waals surface area contributed by atoms with Crippen LogP contribution < -0.4 is 0 Å². The third-order valence-corrected chi connectivity index (χ3v) is 3.77. The molecule has 0 saturated carbocycles. The molecule has 0 aliphatic carbocycles. The molecule has 0 spiro atoms. The Morgan fingerprint density at radius 2 is 1.32 bits per heavy atom. The average Bonchev–Trinajstić information content (AvgIpc) is 2.63. The molecule has 0 fully saturated rings. The van der Waals surface area contributed by atoms with Gasteiger partial charge in [0.15, 0.2) is 0 Å². The second-order valence-corrected chi connectivity index (χ2v) is 6.45. The van der Waals surface area contributed by atoms with Crippen molar-refractivity contribution in [3.05, 3.63) is 0 Å². The highest BCUT2D eigenvalue weighted by molar-refractivity contribution is 7.32. The van der Waals surface area contributed by atoms with Crippen molar-refractivity contribution in [2.45, 2.75) is 45.8 Å². The van der Waals surface area contributed by atoms with Crippen molar-refractivity contribution in [2.75, 3.05) is 59.5 Å². The molecule has 0 heterocycles. The van der Waals surface area contributed by atoms with Crippen molar-refractivity contribution >= 4 is 14.4 Å². The molecule has 0 aromatic carbocycles. The monoisotopic (exact) mass is 430 g/mol. The quantitative estimate of drug-likeness (QED) is 0.134. The Labute approximate surface area is 167 Å². The minimum absolute atomic E-state index is 0.0125. The summed E-state index contributed by atoms with van der Waals surface area (Å²) in [6, 6.07) is 0. The third kappa shape index (κ3) is 21.6. The van der Waals surface area contributed by atoms with Gasteiger partial charge in [0.2, 0.25) is 6.29 Å². The van der Waals surface area contributed by atoms with Crippen LogP contribution in [0.2, 0.25) is 0 Å². The molecule has 1 N–H and O–H groups in total. The van der Waals surface area contributed by atoms with Gasteiger partial charge < -0.3 is 33.3 Å². The molecule has 11 heteroatoms. The summed E-state index contributed by atoms with van der Waals surface area (Å²) in [5.41, 5.74) is 0. The number of carbonyl (C=O) groups is 1. The molecule has 10 nitrogen and oxygen atoms in total. The first kappa shape index (κ1) is 27.3. The van der Waals surface area contributed by atoms with Crippen LogP contribution in [0.1, 0.15) is 39.5 Å². The molecule has 0 aliphatic rings. The highest BCUT2D eigenvalue weighted by Gasteiger charge is 2.12. The van der Waals surface area contributed by atoms with Crippen molar-refractivity contribution in [1.82, 2.24) is 0 Å². The van der Waals surface area contributed by atoms with Gasteiger partial charge in [-0.1, -0.05) is 26.2 Å². The summed E-state index contributed by atoms with van der Waals surface area (Å²) in [6.45, 7) is 7.31. The normalized spacial score (nSPS) is 13.2. The predicted molar refractivity (Wildman–Crippen MR) is 102 cm³/mol. The Balaban J connectivity index is 3.19. The Morgan fingerprint density at radius 1 is 0.821 bits per heavy atom. The first-order valence-electron chi connectivity index (χ1n) is 9.60. The molecule has 0 saturated heterocycles. The zero-order valence-electron chi connectivity index (χ0n) is 16.9. The Kier molecular flexibility index (Phi) is 20.4. The molecule has 28 heavy (non-hydrogen) atoms. The predicted octanol–water partition coefficient (Wildman–Crippen LogP) is 2.53. The summed E-state index contributed by atoms with van der Waals surface area (Å²) in [6.07, 6.45) is 2.64. The lowest BCUT2D eigenvalue weighted by Crippen LogP contribution is -2.19. The van der Waals surface area contributed by atoms with E-state index < -0.39 is 20.7 Å². The van der Waals surface area contributed by atoms with Crippen LogP contribution in [0.5, 0.6) is 0 Å². The number of unbranched alkanes of at least 4 members (excludes halogenated alkanes) is 3. The van der Waals surface area contributed by atoms with Crippen LogP contribution in [0, 0.1) is 0 Å². The summed E-state index contributed by atoms with van der Waals surface area (Å²) in [7, 11) is -3.17. The molecule has 0 radical (unpaired) electrons. The van der Waals surface area contributed by atoms with E-state index in [1.165, 1.54) is 26.2 Å². The minimum atomic E-state index is -3.17. The highest BCUT2D eigenvalue weighted by Crippen LogP contribution is 2.18. The number of rotatable bonds is 20. The van der Waals surface area contributed by atoms with E-state index in [2.05, 4.69) is 16.2 Å². The van der Waals surface area contributed by atoms with Crippen LogP contribution in [-0.2, 0) is 37.5 Å². The van der Waals surface area contributed by atoms with Gasteiger partial charge in [0.1, 0.15) is 6.61 Å². The molecular weight excluding hydrogens is 395 g/mol. The Morgan fingerprint density at radius 3 is 1.82 bits per heavy atom. The van der Waals surface area contributed by atoms with E-state index >= 15 is 0 Å². The summed E-state index contributed by atoms with van der Waals surface area (Å²) in [4.78, 5) is 19.7. The van der Waals surface area contributed by atoms with Crippen molar-refractivity contribution in [2.24, 2.45) is 0 Å². The summed E-state index contributed by atoms with van der Waals surface area (Å²) in [5.74, 6) is 0. The van der Waals surface area contributed by atoms with Gasteiger partial charge in [-0.3, -0.25) is 9.09 Å². The SMILES string of the molecule is CCCCCCOCCOCCOCCOCCOC(=O)OC(C)O[PH](=O)O. The van der Waals surface area contributed by atoms with Gasteiger partial charge in [0.05, 0.1) is 46.2 Å². The Bertz CT molecular complexity index is 383. The average molecular weight is 430 g/mol. The lowest BCUT2D eigenvalue weighted by Gasteiger charge is -2.12. The number of hydrogen-bond donors (Lipinski definition) is 1. The summed E-state index contributed by atoms with van der Waals surface area (Å²) in [5, 5.41) is 0. The van der Waals surface area contributed by atoms with Crippen LogP contribution in [0.3, 0.4) is 0 Å². The van der Waals surface area contributed by atoms with Gasteiger partial charge in [0, 0.05) is 6.61 Å². The van der Waals surface area contributed by atoms with Crippen molar-refractivity contribution in [3.63, 3.8) is 0 Å². The molecule has 0 aliphatic heterocycles.